The number of carbonyl (C=O) groups excluding carboxylic acids is 1. The van der Waals surface area contributed by atoms with Gasteiger partial charge in [0.05, 0.1) is 5.75 Å². The molecule has 0 aliphatic heterocycles. The van der Waals surface area contributed by atoms with Crippen molar-refractivity contribution in [1.29, 1.82) is 0 Å². The Morgan fingerprint density at radius 2 is 2.11 bits per heavy atom. The van der Waals surface area contributed by atoms with Crippen LogP contribution >= 0.6 is 23.4 Å². The minimum Gasteiger partial charge on any atom is -0.298 e. The van der Waals surface area contributed by atoms with E-state index in [-0.39, 0.29) is 18.0 Å². The molecule has 0 spiro atoms. The lowest BCUT2D eigenvalue weighted by atomic mass is 10.1. The fraction of sp³-hybridized carbons (Fsp3) is 0.500. The summed E-state index contributed by atoms with van der Waals surface area (Å²) in [5.74, 6) is 0.196. The van der Waals surface area contributed by atoms with Gasteiger partial charge in [-0.05, 0) is 30.5 Å². The molecule has 0 atom stereocenters. The second kappa shape index (κ2) is 6.58. The van der Waals surface area contributed by atoms with Gasteiger partial charge in [-0.25, -0.2) is 4.39 Å². The minimum atomic E-state index is -0.387. The number of halogens is 2. The lowest BCUT2D eigenvalue weighted by Crippen LogP contribution is -2.10. The summed E-state index contributed by atoms with van der Waals surface area (Å²) >= 11 is 7.39. The normalized spacial score (nSPS) is 16.1. The quantitative estimate of drug-likeness (QED) is 0.804. The highest BCUT2D eigenvalue weighted by Crippen LogP contribution is 2.29. The third-order valence-electron chi connectivity index (χ3n) is 3.18. The number of carbonyl (C=O) groups is 1. The Labute approximate surface area is 116 Å². The van der Waals surface area contributed by atoms with Crippen LogP contribution in [0.4, 0.5) is 4.39 Å². The molecule has 98 valence electrons. The molecule has 0 bridgehead atoms. The molecule has 0 amide bonds. The predicted octanol–water partition coefficient (Wildman–Crippen LogP) is 4.27. The monoisotopic (exact) mass is 286 g/mol. The summed E-state index contributed by atoms with van der Waals surface area (Å²) in [6, 6.07) is 4.47. The van der Waals surface area contributed by atoms with Gasteiger partial charge in [0.1, 0.15) is 11.6 Å². The first kappa shape index (κ1) is 13.9. The van der Waals surface area contributed by atoms with Gasteiger partial charge in [-0.2, -0.15) is 11.8 Å². The summed E-state index contributed by atoms with van der Waals surface area (Å²) in [4.78, 5) is 11.8. The number of hydrogen-bond acceptors (Lipinski definition) is 2. The lowest BCUT2D eigenvalue weighted by Gasteiger charge is -2.08. The van der Waals surface area contributed by atoms with Crippen molar-refractivity contribution < 1.29 is 9.18 Å². The molecular formula is C14H16ClFOS. The van der Waals surface area contributed by atoms with E-state index in [0.717, 1.165) is 0 Å². The second-order valence-electron chi connectivity index (χ2n) is 4.67. The van der Waals surface area contributed by atoms with Crippen molar-refractivity contribution in [2.75, 3.05) is 5.75 Å². The number of hydrogen-bond donors (Lipinski definition) is 0. The molecule has 1 fully saturated rings. The van der Waals surface area contributed by atoms with Crippen LogP contribution < -0.4 is 0 Å². The topological polar surface area (TPSA) is 17.1 Å². The molecule has 4 heteroatoms. The average molecular weight is 287 g/mol. The molecule has 2 rings (SSSR count). The number of thioether (sulfide) groups is 1. The van der Waals surface area contributed by atoms with Gasteiger partial charge in [-0.15, -0.1) is 0 Å². The van der Waals surface area contributed by atoms with Crippen LogP contribution in [-0.2, 0) is 11.2 Å². The Balaban J connectivity index is 1.82. The van der Waals surface area contributed by atoms with Crippen molar-refractivity contribution in [2.24, 2.45) is 0 Å². The molecule has 18 heavy (non-hydrogen) atoms. The van der Waals surface area contributed by atoms with Crippen molar-refractivity contribution in [3.8, 4) is 0 Å². The molecule has 0 aromatic heterocycles. The van der Waals surface area contributed by atoms with E-state index >= 15 is 0 Å². The molecule has 0 saturated heterocycles. The maximum atomic E-state index is 13.5. The Bertz CT molecular complexity index is 430. The maximum Gasteiger partial charge on any atom is 0.147 e. The summed E-state index contributed by atoms with van der Waals surface area (Å²) in [6.45, 7) is 0. The number of rotatable bonds is 5. The van der Waals surface area contributed by atoms with Crippen molar-refractivity contribution >= 4 is 29.1 Å². The van der Waals surface area contributed by atoms with E-state index in [2.05, 4.69) is 0 Å². The van der Waals surface area contributed by atoms with Crippen LogP contribution in [0, 0.1) is 5.82 Å². The van der Waals surface area contributed by atoms with Crippen LogP contribution in [0.25, 0.3) is 0 Å². The van der Waals surface area contributed by atoms with Gasteiger partial charge >= 0.3 is 0 Å². The predicted molar refractivity (Wildman–Crippen MR) is 74.8 cm³/mol. The average Bonchev–Trinajstić information content (AvgIpc) is 2.83. The molecule has 0 N–H and O–H groups in total. The fourth-order valence-electron chi connectivity index (χ4n) is 2.19. The Morgan fingerprint density at radius 3 is 2.78 bits per heavy atom. The molecule has 1 aliphatic rings. The van der Waals surface area contributed by atoms with E-state index in [1.165, 1.54) is 31.7 Å². The summed E-state index contributed by atoms with van der Waals surface area (Å²) in [7, 11) is 0. The van der Waals surface area contributed by atoms with Crippen LogP contribution in [0.1, 0.15) is 31.2 Å². The van der Waals surface area contributed by atoms with E-state index in [1.54, 1.807) is 23.9 Å². The molecule has 0 radical (unpaired) electrons. The highest BCUT2D eigenvalue weighted by molar-refractivity contribution is 8.00. The van der Waals surface area contributed by atoms with Crippen LogP contribution in [0.15, 0.2) is 18.2 Å². The molecule has 1 aromatic rings. The maximum absolute atomic E-state index is 13.5. The van der Waals surface area contributed by atoms with Crippen LogP contribution in [0.3, 0.4) is 0 Å². The molecule has 0 unspecified atom stereocenters. The van der Waals surface area contributed by atoms with E-state index < -0.39 is 0 Å². The Morgan fingerprint density at radius 1 is 1.39 bits per heavy atom. The Hall–Kier alpha value is -0.540. The first-order chi connectivity index (χ1) is 8.65. The van der Waals surface area contributed by atoms with Gasteiger partial charge in [0.2, 0.25) is 0 Å². The van der Waals surface area contributed by atoms with Crippen LogP contribution in [0.5, 0.6) is 0 Å². The van der Waals surface area contributed by atoms with E-state index in [9.17, 15) is 9.18 Å². The largest absolute Gasteiger partial charge is 0.298 e. The summed E-state index contributed by atoms with van der Waals surface area (Å²) in [6.07, 6.45) is 5.15. The standard InChI is InChI=1S/C14H16ClFOS/c15-11-6-5-10(14(16)8-11)7-12(17)9-18-13-3-1-2-4-13/h5-6,8,13H,1-4,7,9H2. The highest BCUT2D eigenvalue weighted by atomic mass is 35.5. The smallest absolute Gasteiger partial charge is 0.147 e. The lowest BCUT2D eigenvalue weighted by molar-refractivity contribution is -0.116. The fourth-order valence-corrected chi connectivity index (χ4v) is 3.54. The van der Waals surface area contributed by atoms with Crippen LogP contribution in [0.2, 0.25) is 5.02 Å². The molecule has 1 aromatic carbocycles. The third kappa shape index (κ3) is 3.99. The zero-order valence-corrected chi connectivity index (χ0v) is 11.7. The minimum absolute atomic E-state index is 0.0909. The molecule has 0 heterocycles. The SMILES string of the molecule is O=C(CSC1CCCC1)Cc1ccc(Cl)cc1F. The number of Topliss-reactive ketones (excluding diaryl/α,β-unsaturated/α-hetero) is 1. The Kier molecular flexibility index (Phi) is 5.07. The summed E-state index contributed by atoms with van der Waals surface area (Å²) in [5.41, 5.74) is 0.441. The van der Waals surface area contributed by atoms with E-state index in [4.69, 9.17) is 11.6 Å². The van der Waals surface area contributed by atoms with E-state index in [1.807, 2.05) is 0 Å². The first-order valence-electron chi connectivity index (χ1n) is 6.22. The second-order valence-corrected chi connectivity index (χ2v) is 6.39. The van der Waals surface area contributed by atoms with Gasteiger partial charge in [0, 0.05) is 16.7 Å². The van der Waals surface area contributed by atoms with Crippen molar-refractivity contribution in [3.05, 3.63) is 34.6 Å². The molecule has 1 aliphatic carbocycles. The zero-order valence-electron chi connectivity index (χ0n) is 10.1. The van der Waals surface area contributed by atoms with Crippen molar-refractivity contribution in [1.82, 2.24) is 0 Å². The molecule has 1 saturated carbocycles. The van der Waals surface area contributed by atoms with Gasteiger partial charge in [-0.1, -0.05) is 30.5 Å². The van der Waals surface area contributed by atoms with Crippen molar-refractivity contribution in [3.63, 3.8) is 0 Å². The highest BCUT2D eigenvalue weighted by Gasteiger charge is 2.17. The molecule has 1 nitrogen and oxygen atoms in total. The number of ketones is 1. The van der Waals surface area contributed by atoms with Gasteiger partial charge < -0.3 is 0 Å². The van der Waals surface area contributed by atoms with E-state index in [0.29, 0.717) is 21.6 Å². The summed E-state index contributed by atoms with van der Waals surface area (Å²) < 4.78 is 13.5. The van der Waals surface area contributed by atoms with Crippen LogP contribution in [-0.4, -0.2) is 16.8 Å². The first-order valence-corrected chi connectivity index (χ1v) is 7.65. The van der Waals surface area contributed by atoms with Gasteiger partial charge in [0.15, 0.2) is 0 Å². The zero-order chi connectivity index (χ0) is 13.0. The van der Waals surface area contributed by atoms with Crippen molar-refractivity contribution in [2.45, 2.75) is 37.4 Å². The molecular weight excluding hydrogens is 271 g/mol. The van der Waals surface area contributed by atoms with Gasteiger partial charge in [0.25, 0.3) is 0 Å². The summed E-state index contributed by atoms with van der Waals surface area (Å²) in [5, 5.41) is 0.994. The third-order valence-corrected chi connectivity index (χ3v) is 4.85. The van der Waals surface area contributed by atoms with Gasteiger partial charge in [-0.3, -0.25) is 4.79 Å². The number of benzene rings is 1.